The van der Waals surface area contributed by atoms with Crippen LogP contribution < -0.4 is 5.32 Å². The number of urea groups is 1. The van der Waals surface area contributed by atoms with E-state index in [1.807, 2.05) is 11.2 Å². The number of hydrogen-bond donors (Lipinski definition) is 2. The van der Waals surface area contributed by atoms with Crippen molar-refractivity contribution in [2.45, 2.75) is 56.4 Å². The lowest BCUT2D eigenvalue weighted by Gasteiger charge is -2.38. The number of nitrogens with one attached hydrogen (secondary N) is 1. The molecule has 2 amide bonds. The van der Waals surface area contributed by atoms with Crippen LogP contribution in [0.1, 0.15) is 39.0 Å². The van der Waals surface area contributed by atoms with E-state index in [2.05, 4.69) is 12.2 Å². The maximum absolute atomic E-state index is 12.3. The van der Waals surface area contributed by atoms with Crippen LogP contribution in [0.25, 0.3) is 0 Å². The molecule has 2 fully saturated rings. The van der Waals surface area contributed by atoms with Gasteiger partial charge in [0.1, 0.15) is 0 Å². The van der Waals surface area contributed by atoms with Crippen LogP contribution in [0, 0.1) is 5.92 Å². The number of thioether (sulfide) groups is 1. The molecule has 3 unspecified atom stereocenters. The molecule has 3 atom stereocenters. The molecule has 2 heterocycles. The summed E-state index contributed by atoms with van der Waals surface area (Å²) in [5, 5.41) is 12.3. The SMILES string of the molecule is CSC(C)CNC(=O)N1C2CCC1CC(CC(=O)O)C2. The van der Waals surface area contributed by atoms with Crippen molar-refractivity contribution in [2.24, 2.45) is 5.92 Å². The molecule has 2 aliphatic rings. The standard InChI is InChI=1S/C14H24N2O3S/c1-9(20-2)8-15-14(19)16-11-3-4-12(16)6-10(5-11)7-13(17)18/h9-12H,3-8H2,1-2H3,(H,15,19)(H,17,18). The van der Waals surface area contributed by atoms with Gasteiger partial charge in [0.05, 0.1) is 0 Å². The quantitative estimate of drug-likeness (QED) is 0.816. The van der Waals surface area contributed by atoms with E-state index in [4.69, 9.17) is 5.11 Å². The number of piperidine rings is 1. The van der Waals surface area contributed by atoms with Crippen molar-refractivity contribution in [1.82, 2.24) is 10.2 Å². The molecule has 0 spiro atoms. The van der Waals surface area contributed by atoms with Crippen molar-refractivity contribution in [3.63, 3.8) is 0 Å². The first-order valence-corrected chi connectivity index (χ1v) is 8.60. The first-order chi connectivity index (χ1) is 9.51. The van der Waals surface area contributed by atoms with Gasteiger partial charge in [0.15, 0.2) is 0 Å². The van der Waals surface area contributed by atoms with Gasteiger partial charge in [-0.15, -0.1) is 0 Å². The van der Waals surface area contributed by atoms with Crippen LogP contribution in [0.4, 0.5) is 4.79 Å². The molecular weight excluding hydrogens is 276 g/mol. The number of nitrogens with zero attached hydrogens (tertiary/aromatic N) is 1. The zero-order chi connectivity index (χ0) is 14.7. The van der Waals surface area contributed by atoms with Crippen molar-refractivity contribution < 1.29 is 14.7 Å². The predicted molar refractivity (Wildman–Crippen MR) is 80.0 cm³/mol. The first kappa shape index (κ1) is 15.5. The molecule has 5 nitrogen and oxygen atoms in total. The summed E-state index contributed by atoms with van der Waals surface area (Å²) in [4.78, 5) is 25.1. The molecule has 2 bridgehead atoms. The highest BCUT2D eigenvalue weighted by atomic mass is 32.2. The van der Waals surface area contributed by atoms with Gasteiger partial charge in [0, 0.05) is 30.3 Å². The molecule has 2 aliphatic heterocycles. The minimum Gasteiger partial charge on any atom is -0.481 e. The summed E-state index contributed by atoms with van der Waals surface area (Å²) in [5.41, 5.74) is 0. The van der Waals surface area contributed by atoms with Crippen LogP contribution in [0.15, 0.2) is 0 Å². The first-order valence-electron chi connectivity index (χ1n) is 7.32. The van der Waals surface area contributed by atoms with Crippen molar-refractivity contribution in [1.29, 1.82) is 0 Å². The zero-order valence-electron chi connectivity index (χ0n) is 12.2. The predicted octanol–water partition coefficient (Wildman–Crippen LogP) is 2.17. The summed E-state index contributed by atoms with van der Waals surface area (Å²) in [7, 11) is 0. The number of aliphatic carboxylic acids is 1. The van der Waals surface area contributed by atoms with Gasteiger partial charge in [-0.3, -0.25) is 4.79 Å². The van der Waals surface area contributed by atoms with Crippen LogP contribution in [0.5, 0.6) is 0 Å². The van der Waals surface area contributed by atoms with Gasteiger partial charge >= 0.3 is 12.0 Å². The van der Waals surface area contributed by atoms with E-state index in [0.29, 0.717) is 11.8 Å². The van der Waals surface area contributed by atoms with Crippen molar-refractivity contribution in [2.75, 3.05) is 12.8 Å². The molecule has 114 valence electrons. The average Bonchev–Trinajstić information content (AvgIpc) is 2.66. The molecule has 0 aromatic carbocycles. The lowest BCUT2D eigenvalue weighted by molar-refractivity contribution is -0.138. The van der Waals surface area contributed by atoms with Gasteiger partial charge in [-0.2, -0.15) is 11.8 Å². The Balaban J connectivity index is 1.88. The van der Waals surface area contributed by atoms with E-state index in [9.17, 15) is 9.59 Å². The van der Waals surface area contributed by atoms with Gasteiger partial charge < -0.3 is 15.3 Å². The van der Waals surface area contributed by atoms with Gasteiger partial charge in [-0.1, -0.05) is 6.92 Å². The summed E-state index contributed by atoms with van der Waals surface area (Å²) < 4.78 is 0. The summed E-state index contributed by atoms with van der Waals surface area (Å²) in [6.45, 7) is 2.78. The summed E-state index contributed by atoms with van der Waals surface area (Å²) in [5.74, 6) is -0.486. The highest BCUT2D eigenvalue weighted by Crippen LogP contribution is 2.39. The topological polar surface area (TPSA) is 69.6 Å². The van der Waals surface area contributed by atoms with Crippen LogP contribution in [-0.2, 0) is 4.79 Å². The molecule has 6 heteroatoms. The fraction of sp³-hybridized carbons (Fsp3) is 0.857. The van der Waals surface area contributed by atoms with Crippen molar-refractivity contribution >= 4 is 23.8 Å². The Morgan fingerprint density at radius 3 is 2.45 bits per heavy atom. The lowest BCUT2D eigenvalue weighted by atomic mass is 9.88. The van der Waals surface area contributed by atoms with Crippen LogP contribution in [0.2, 0.25) is 0 Å². The fourth-order valence-corrected chi connectivity index (χ4v) is 3.69. The summed E-state index contributed by atoms with van der Waals surface area (Å²) >= 11 is 1.74. The van der Waals surface area contributed by atoms with Gasteiger partial charge in [0.25, 0.3) is 0 Å². The highest BCUT2D eigenvalue weighted by molar-refractivity contribution is 7.99. The third kappa shape index (κ3) is 3.59. The largest absolute Gasteiger partial charge is 0.481 e. The molecule has 2 rings (SSSR count). The average molecular weight is 300 g/mol. The number of rotatable bonds is 5. The van der Waals surface area contributed by atoms with E-state index in [1.165, 1.54) is 0 Å². The third-order valence-electron chi connectivity index (χ3n) is 4.47. The van der Waals surface area contributed by atoms with Crippen molar-refractivity contribution in [3.8, 4) is 0 Å². The number of carbonyl (C=O) groups is 2. The molecule has 0 aromatic rings. The van der Waals surface area contributed by atoms with Gasteiger partial charge in [-0.05, 0) is 37.9 Å². The second kappa shape index (κ2) is 6.70. The maximum atomic E-state index is 12.3. The molecule has 0 aliphatic carbocycles. The second-order valence-corrected chi connectivity index (χ2v) is 7.24. The molecular formula is C14H24N2O3S. The Bertz CT molecular complexity index is 363. The smallest absolute Gasteiger partial charge is 0.317 e. The van der Waals surface area contributed by atoms with Crippen LogP contribution in [0.3, 0.4) is 0 Å². The zero-order valence-corrected chi connectivity index (χ0v) is 13.0. The monoisotopic (exact) mass is 300 g/mol. The molecule has 0 radical (unpaired) electrons. The fourth-order valence-electron chi connectivity index (χ4n) is 3.44. The minimum absolute atomic E-state index is 0.0344. The van der Waals surface area contributed by atoms with Gasteiger partial charge in [-0.25, -0.2) is 4.79 Å². The Morgan fingerprint density at radius 1 is 1.35 bits per heavy atom. The molecule has 20 heavy (non-hydrogen) atoms. The van der Waals surface area contributed by atoms with E-state index in [1.54, 1.807) is 11.8 Å². The van der Waals surface area contributed by atoms with E-state index in [0.717, 1.165) is 25.7 Å². The van der Waals surface area contributed by atoms with Crippen LogP contribution >= 0.6 is 11.8 Å². The highest BCUT2D eigenvalue weighted by Gasteiger charge is 2.43. The Labute approximate surface area is 124 Å². The Hall–Kier alpha value is -0.910. The number of carboxylic acid groups (broad SMARTS) is 1. The third-order valence-corrected chi connectivity index (χ3v) is 5.44. The second-order valence-electron chi connectivity index (χ2n) is 5.96. The number of carboxylic acids is 1. The lowest BCUT2D eigenvalue weighted by Crippen LogP contribution is -2.51. The number of fused-ring (bicyclic) bond motifs is 2. The molecule has 2 saturated heterocycles. The van der Waals surface area contributed by atoms with E-state index >= 15 is 0 Å². The molecule has 0 saturated carbocycles. The number of carbonyl (C=O) groups excluding carboxylic acids is 1. The summed E-state index contributed by atoms with van der Waals surface area (Å²) in [6.07, 6.45) is 6.01. The molecule has 0 aromatic heterocycles. The number of hydrogen-bond acceptors (Lipinski definition) is 3. The van der Waals surface area contributed by atoms with E-state index < -0.39 is 5.97 Å². The maximum Gasteiger partial charge on any atom is 0.317 e. The van der Waals surface area contributed by atoms with Crippen molar-refractivity contribution in [3.05, 3.63) is 0 Å². The van der Waals surface area contributed by atoms with E-state index in [-0.39, 0.29) is 30.5 Å². The van der Waals surface area contributed by atoms with Gasteiger partial charge in [0.2, 0.25) is 0 Å². The molecule has 2 N–H and O–H groups in total. The Kier molecular flexibility index (Phi) is 5.18. The number of amides is 2. The summed E-state index contributed by atoms with van der Waals surface area (Å²) in [6, 6.07) is 0.512. The van der Waals surface area contributed by atoms with Crippen LogP contribution in [-0.4, -0.2) is 52.1 Å². The Morgan fingerprint density at radius 2 is 1.95 bits per heavy atom. The minimum atomic E-state index is -0.721. The normalized spacial score (nSPS) is 30.1.